The Labute approximate surface area is 117 Å². The second kappa shape index (κ2) is 5.64. The molecule has 106 valence electrons. The first-order valence-corrected chi connectivity index (χ1v) is 6.71. The van der Waals surface area contributed by atoms with Crippen LogP contribution >= 0.6 is 0 Å². The molecule has 2 N–H and O–H groups in total. The standard InChI is InChI=1S/C15H18N2O3/c1-18-9-13-7-11(17-20-13)8-19-12-3-4-14-10(6-12)2-5-15(14)16/h3-4,6-7,15H,2,5,8-9,16H2,1H3/t15-/m0/s1. The van der Waals surface area contributed by atoms with Crippen LogP contribution in [-0.4, -0.2) is 12.3 Å². The molecule has 3 rings (SSSR count). The molecule has 1 atom stereocenters. The Morgan fingerprint density at radius 2 is 2.25 bits per heavy atom. The molecule has 0 saturated heterocycles. The molecule has 0 saturated carbocycles. The average Bonchev–Trinajstić information content (AvgIpc) is 3.04. The molecule has 2 aromatic rings. The lowest BCUT2D eigenvalue weighted by atomic mass is 10.1. The molecule has 0 fully saturated rings. The van der Waals surface area contributed by atoms with Gasteiger partial charge in [0.1, 0.15) is 24.7 Å². The van der Waals surface area contributed by atoms with E-state index in [9.17, 15) is 0 Å². The van der Waals surface area contributed by atoms with Crippen LogP contribution in [0.25, 0.3) is 0 Å². The number of aryl methyl sites for hydroxylation is 1. The molecule has 0 radical (unpaired) electrons. The fourth-order valence-electron chi connectivity index (χ4n) is 2.51. The van der Waals surface area contributed by atoms with Crippen LogP contribution in [0.1, 0.15) is 35.0 Å². The summed E-state index contributed by atoms with van der Waals surface area (Å²) in [5.74, 6) is 1.54. The number of benzene rings is 1. The van der Waals surface area contributed by atoms with Gasteiger partial charge in [0.05, 0.1) is 0 Å². The summed E-state index contributed by atoms with van der Waals surface area (Å²) in [4.78, 5) is 0. The lowest BCUT2D eigenvalue weighted by molar-refractivity contribution is 0.155. The van der Waals surface area contributed by atoms with Gasteiger partial charge in [0.2, 0.25) is 0 Å². The summed E-state index contributed by atoms with van der Waals surface area (Å²) in [7, 11) is 1.62. The molecule has 1 aromatic carbocycles. The third-order valence-corrected chi connectivity index (χ3v) is 3.52. The van der Waals surface area contributed by atoms with Crippen molar-refractivity contribution in [2.45, 2.75) is 32.1 Å². The third-order valence-electron chi connectivity index (χ3n) is 3.52. The lowest BCUT2D eigenvalue weighted by Gasteiger charge is -2.08. The molecule has 1 aliphatic carbocycles. The molecule has 0 spiro atoms. The van der Waals surface area contributed by atoms with Crippen LogP contribution < -0.4 is 10.5 Å². The van der Waals surface area contributed by atoms with Gasteiger partial charge < -0.3 is 19.7 Å². The molecule has 5 heteroatoms. The molecule has 0 amide bonds. The fraction of sp³-hybridized carbons (Fsp3) is 0.400. The molecule has 1 aromatic heterocycles. The average molecular weight is 274 g/mol. The first-order valence-electron chi connectivity index (χ1n) is 6.71. The largest absolute Gasteiger partial charge is 0.487 e. The van der Waals surface area contributed by atoms with Crippen molar-refractivity contribution in [3.05, 3.63) is 46.8 Å². The van der Waals surface area contributed by atoms with Crippen LogP contribution in [0.2, 0.25) is 0 Å². The first kappa shape index (κ1) is 13.1. The highest BCUT2D eigenvalue weighted by atomic mass is 16.5. The van der Waals surface area contributed by atoms with E-state index in [1.807, 2.05) is 12.1 Å². The Bertz CT molecular complexity index is 595. The SMILES string of the molecule is COCc1cc(COc2ccc3c(c2)CC[C@@H]3N)no1. The molecular weight excluding hydrogens is 256 g/mol. The van der Waals surface area contributed by atoms with E-state index >= 15 is 0 Å². The summed E-state index contributed by atoms with van der Waals surface area (Å²) in [6, 6.07) is 8.10. The van der Waals surface area contributed by atoms with Gasteiger partial charge in [0.25, 0.3) is 0 Å². The van der Waals surface area contributed by atoms with Crippen LogP contribution in [0, 0.1) is 0 Å². The molecule has 0 aliphatic heterocycles. The number of aromatic nitrogens is 1. The van der Waals surface area contributed by atoms with Crippen molar-refractivity contribution < 1.29 is 14.0 Å². The zero-order valence-corrected chi connectivity index (χ0v) is 11.5. The van der Waals surface area contributed by atoms with Gasteiger partial charge in [-0.3, -0.25) is 0 Å². The predicted octanol–water partition coefficient (Wildman–Crippen LogP) is 2.35. The summed E-state index contributed by atoms with van der Waals surface area (Å²) in [6.07, 6.45) is 2.04. The van der Waals surface area contributed by atoms with Crippen molar-refractivity contribution in [1.29, 1.82) is 0 Å². The van der Waals surface area contributed by atoms with Crippen molar-refractivity contribution in [3.63, 3.8) is 0 Å². The monoisotopic (exact) mass is 274 g/mol. The Hall–Kier alpha value is -1.85. The van der Waals surface area contributed by atoms with Crippen molar-refractivity contribution >= 4 is 0 Å². The van der Waals surface area contributed by atoms with Gasteiger partial charge in [0.15, 0.2) is 5.76 Å². The molecule has 1 heterocycles. The van der Waals surface area contributed by atoms with Crippen LogP contribution in [0.15, 0.2) is 28.8 Å². The second-order valence-corrected chi connectivity index (χ2v) is 5.01. The quantitative estimate of drug-likeness (QED) is 0.906. The summed E-state index contributed by atoms with van der Waals surface area (Å²) in [6.45, 7) is 0.807. The minimum absolute atomic E-state index is 0.172. The number of hydrogen-bond acceptors (Lipinski definition) is 5. The van der Waals surface area contributed by atoms with Crippen molar-refractivity contribution in [1.82, 2.24) is 5.16 Å². The first-order chi connectivity index (χ1) is 9.76. The van der Waals surface area contributed by atoms with Crippen molar-refractivity contribution in [2.24, 2.45) is 5.73 Å². The van der Waals surface area contributed by atoms with E-state index in [-0.39, 0.29) is 6.04 Å². The van der Waals surface area contributed by atoms with Gasteiger partial charge in [-0.05, 0) is 36.1 Å². The highest BCUT2D eigenvalue weighted by Crippen LogP contribution is 2.32. The smallest absolute Gasteiger partial charge is 0.162 e. The molecule has 20 heavy (non-hydrogen) atoms. The summed E-state index contributed by atoms with van der Waals surface area (Å²) in [5.41, 5.74) is 9.30. The number of ether oxygens (including phenoxy) is 2. The minimum Gasteiger partial charge on any atom is -0.487 e. The minimum atomic E-state index is 0.172. The number of nitrogens with zero attached hydrogens (tertiary/aromatic N) is 1. The maximum absolute atomic E-state index is 6.02. The van der Waals surface area contributed by atoms with E-state index in [0.29, 0.717) is 19.0 Å². The van der Waals surface area contributed by atoms with Gasteiger partial charge in [-0.15, -0.1) is 0 Å². The molecule has 1 aliphatic rings. The molecule has 5 nitrogen and oxygen atoms in total. The van der Waals surface area contributed by atoms with Crippen molar-refractivity contribution in [2.75, 3.05) is 7.11 Å². The van der Waals surface area contributed by atoms with Crippen LogP contribution in [-0.2, 0) is 24.4 Å². The number of hydrogen-bond donors (Lipinski definition) is 1. The number of fused-ring (bicyclic) bond motifs is 1. The predicted molar refractivity (Wildman–Crippen MR) is 73.2 cm³/mol. The van der Waals surface area contributed by atoms with Crippen LogP contribution in [0.5, 0.6) is 5.75 Å². The molecule has 0 bridgehead atoms. The second-order valence-electron chi connectivity index (χ2n) is 5.01. The van der Waals surface area contributed by atoms with E-state index in [1.54, 1.807) is 7.11 Å². The topological polar surface area (TPSA) is 70.5 Å². The zero-order valence-electron chi connectivity index (χ0n) is 11.5. The Kier molecular flexibility index (Phi) is 3.71. The number of nitrogens with two attached hydrogens (primary N) is 1. The van der Waals surface area contributed by atoms with E-state index < -0.39 is 0 Å². The van der Waals surface area contributed by atoms with Gasteiger partial charge >= 0.3 is 0 Å². The number of methoxy groups -OCH3 is 1. The summed E-state index contributed by atoms with van der Waals surface area (Å²) >= 11 is 0. The summed E-state index contributed by atoms with van der Waals surface area (Å²) < 4.78 is 15.8. The normalized spacial score (nSPS) is 17.2. The van der Waals surface area contributed by atoms with Gasteiger partial charge in [-0.2, -0.15) is 0 Å². The maximum atomic E-state index is 6.02. The third kappa shape index (κ3) is 2.69. The molecule has 0 unspecified atom stereocenters. The van der Waals surface area contributed by atoms with Crippen molar-refractivity contribution in [3.8, 4) is 5.75 Å². The van der Waals surface area contributed by atoms with Crippen LogP contribution in [0.3, 0.4) is 0 Å². The summed E-state index contributed by atoms with van der Waals surface area (Å²) in [5, 5.41) is 3.93. The van der Waals surface area contributed by atoms with E-state index in [2.05, 4.69) is 17.3 Å². The Morgan fingerprint density at radius 1 is 1.35 bits per heavy atom. The van der Waals surface area contributed by atoms with Gasteiger partial charge in [-0.25, -0.2) is 0 Å². The number of rotatable bonds is 5. The van der Waals surface area contributed by atoms with Crippen LogP contribution in [0.4, 0.5) is 0 Å². The van der Waals surface area contributed by atoms with Gasteiger partial charge in [0, 0.05) is 19.2 Å². The lowest BCUT2D eigenvalue weighted by Crippen LogP contribution is -2.05. The fourth-order valence-corrected chi connectivity index (χ4v) is 2.51. The Morgan fingerprint density at radius 3 is 3.10 bits per heavy atom. The maximum Gasteiger partial charge on any atom is 0.162 e. The van der Waals surface area contributed by atoms with E-state index in [4.69, 9.17) is 19.7 Å². The van der Waals surface area contributed by atoms with Gasteiger partial charge in [-0.1, -0.05) is 11.2 Å². The molecular formula is C15H18N2O3. The van der Waals surface area contributed by atoms with E-state index in [0.717, 1.165) is 24.3 Å². The highest BCUT2D eigenvalue weighted by molar-refractivity contribution is 5.40. The Balaban J connectivity index is 1.63. The zero-order chi connectivity index (χ0) is 13.9. The van der Waals surface area contributed by atoms with E-state index in [1.165, 1.54) is 11.1 Å². The highest BCUT2D eigenvalue weighted by Gasteiger charge is 2.19.